The maximum Gasteiger partial charge on any atom is 0.244 e. The monoisotopic (exact) mass is 461 g/mol. The van der Waals surface area contributed by atoms with Crippen molar-refractivity contribution in [3.8, 4) is 0 Å². The van der Waals surface area contributed by atoms with Gasteiger partial charge in [0.25, 0.3) is 0 Å². The molecule has 3 heterocycles. The molecule has 31 heavy (non-hydrogen) atoms. The molecule has 3 fully saturated rings. The molecule has 5 rings (SSSR count). The molecule has 0 atom stereocenters. The van der Waals surface area contributed by atoms with Crippen LogP contribution in [0.1, 0.15) is 38.5 Å². The molecule has 0 bridgehead atoms. The second-order valence-electron chi connectivity index (χ2n) is 8.46. The fraction of sp³-hybridized carbons (Fsp3) is 0.600. The number of nitrogens with zero attached hydrogens (tertiary/aromatic N) is 5. The number of rotatable bonds is 10. The molecule has 2 aromatic rings. The molecular formula is C20H27N7O2S2. The van der Waals surface area contributed by atoms with Crippen LogP contribution >= 0.6 is 11.8 Å². The Morgan fingerprint density at radius 2 is 1.55 bits per heavy atom. The van der Waals surface area contributed by atoms with Crippen LogP contribution in [0.15, 0.2) is 33.4 Å². The lowest BCUT2D eigenvalue weighted by Crippen LogP contribution is -2.27. The van der Waals surface area contributed by atoms with Gasteiger partial charge >= 0.3 is 0 Å². The molecule has 9 nitrogen and oxygen atoms in total. The minimum absolute atomic E-state index is 0.230. The van der Waals surface area contributed by atoms with E-state index in [0.29, 0.717) is 47.0 Å². The Balaban J connectivity index is 1.30. The van der Waals surface area contributed by atoms with Crippen LogP contribution in [-0.4, -0.2) is 58.8 Å². The third kappa shape index (κ3) is 5.45. The van der Waals surface area contributed by atoms with E-state index in [1.807, 2.05) is 0 Å². The Morgan fingerprint density at radius 3 is 2.06 bits per heavy atom. The van der Waals surface area contributed by atoms with Gasteiger partial charge in [0.2, 0.25) is 27.1 Å². The summed E-state index contributed by atoms with van der Waals surface area (Å²) in [6.07, 6.45) is 8.26. The lowest BCUT2D eigenvalue weighted by Gasteiger charge is -2.15. The first-order chi connectivity index (χ1) is 15.1. The standard InChI is InChI=1S/C20H27N7O2S2/c28-31(29,27-9-1-2-10-27)16-7-8-17(21-13-16)30-20-25-18(22-11-14-3-4-14)24-19(26-20)23-12-15-5-6-15/h7-8,13-15H,1-6,9-12H2,(H2,22,23,24,25,26). The highest BCUT2D eigenvalue weighted by atomic mass is 32.2. The van der Waals surface area contributed by atoms with E-state index < -0.39 is 10.0 Å². The SMILES string of the molecule is O=S(=O)(c1ccc(Sc2nc(NCC3CC3)nc(NCC3CC3)n2)nc1)N1CCCC1. The van der Waals surface area contributed by atoms with E-state index in [1.54, 1.807) is 12.1 Å². The van der Waals surface area contributed by atoms with Crippen molar-refractivity contribution < 1.29 is 8.42 Å². The molecule has 1 saturated heterocycles. The highest BCUT2D eigenvalue weighted by Gasteiger charge is 2.27. The van der Waals surface area contributed by atoms with E-state index >= 15 is 0 Å². The second-order valence-corrected chi connectivity index (χ2v) is 11.4. The molecule has 3 aliphatic rings. The second kappa shape index (κ2) is 8.87. The molecule has 2 N–H and O–H groups in total. The van der Waals surface area contributed by atoms with Gasteiger partial charge < -0.3 is 10.6 Å². The molecule has 0 amide bonds. The molecule has 0 spiro atoms. The summed E-state index contributed by atoms with van der Waals surface area (Å²) in [6.45, 7) is 2.91. The molecule has 11 heteroatoms. The molecule has 2 aliphatic carbocycles. The first kappa shape index (κ1) is 20.9. The van der Waals surface area contributed by atoms with Crippen LogP contribution in [0, 0.1) is 11.8 Å². The number of nitrogens with one attached hydrogen (secondary N) is 2. The van der Waals surface area contributed by atoms with Crippen molar-refractivity contribution in [3.63, 3.8) is 0 Å². The number of hydrogen-bond donors (Lipinski definition) is 2. The molecule has 0 aromatic carbocycles. The molecule has 2 saturated carbocycles. The van der Waals surface area contributed by atoms with Gasteiger partial charge in [0.1, 0.15) is 9.92 Å². The number of anilines is 2. The van der Waals surface area contributed by atoms with E-state index in [4.69, 9.17) is 0 Å². The molecule has 1 aliphatic heterocycles. The Bertz CT molecular complexity index is 984. The van der Waals surface area contributed by atoms with Crippen LogP contribution in [0.3, 0.4) is 0 Å². The van der Waals surface area contributed by atoms with Crippen molar-refractivity contribution in [1.82, 2.24) is 24.2 Å². The zero-order chi connectivity index (χ0) is 21.3. The predicted molar refractivity (Wildman–Crippen MR) is 119 cm³/mol. The van der Waals surface area contributed by atoms with Crippen LogP contribution in [0.4, 0.5) is 11.9 Å². The third-order valence-corrected chi connectivity index (χ3v) is 8.41. The lowest BCUT2D eigenvalue weighted by atomic mass is 10.4. The average Bonchev–Trinajstić information content (AvgIpc) is 3.70. The van der Waals surface area contributed by atoms with Crippen molar-refractivity contribution in [2.24, 2.45) is 11.8 Å². The third-order valence-electron chi connectivity index (χ3n) is 5.71. The summed E-state index contributed by atoms with van der Waals surface area (Å²) in [5.41, 5.74) is 0. The van der Waals surface area contributed by atoms with Crippen LogP contribution in [0.25, 0.3) is 0 Å². The minimum atomic E-state index is -3.46. The topological polar surface area (TPSA) is 113 Å². The quantitative estimate of drug-likeness (QED) is 0.551. The Labute approximate surface area is 186 Å². The zero-order valence-corrected chi connectivity index (χ0v) is 19.0. The average molecular weight is 462 g/mol. The van der Waals surface area contributed by atoms with Crippen molar-refractivity contribution in [1.29, 1.82) is 0 Å². The lowest BCUT2D eigenvalue weighted by molar-refractivity contribution is 0.477. The highest BCUT2D eigenvalue weighted by molar-refractivity contribution is 7.99. The van der Waals surface area contributed by atoms with Gasteiger partial charge in [0, 0.05) is 32.4 Å². The highest BCUT2D eigenvalue weighted by Crippen LogP contribution is 2.31. The first-order valence-corrected chi connectivity index (χ1v) is 13.2. The van der Waals surface area contributed by atoms with Gasteiger partial charge in [-0.15, -0.1) is 0 Å². The van der Waals surface area contributed by atoms with Crippen molar-refractivity contribution >= 4 is 33.7 Å². The largest absolute Gasteiger partial charge is 0.354 e. The molecular weight excluding hydrogens is 434 g/mol. The van der Waals surface area contributed by atoms with Gasteiger partial charge in [0.15, 0.2) is 0 Å². The zero-order valence-electron chi connectivity index (χ0n) is 17.3. The smallest absolute Gasteiger partial charge is 0.244 e. The summed E-state index contributed by atoms with van der Waals surface area (Å²) in [5, 5.41) is 7.81. The summed E-state index contributed by atoms with van der Waals surface area (Å²) in [5.74, 6) is 2.55. The van der Waals surface area contributed by atoms with Gasteiger partial charge in [-0.05, 0) is 74.3 Å². The Morgan fingerprint density at radius 1 is 0.935 bits per heavy atom. The van der Waals surface area contributed by atoms with Crippen LogP contribution in [-0.2, 0) is 10.0 Å². The summed E-state index contributed by atoms with van der Waals surface area (Å²) in [4.78, 5) is 18.1. The van der Waals surface area contributed by atoms with Crippen LogP contribution in [0.2, 0.25) is 0 Å². The summed E-state index contributed by atoms with van der Waals surface area (Å²) in [6, 6.07) is 3.33. The Hall–Kier alpha value is -1.98. The summed E-state index contributed by atoms with van der Waals surface area (Å²) in [7, 11) is -3.46. The van der Waals surface area contributed by atoms with E-state index in [0.717, 1.165) is 25.9 Å². The van der Waals surface area contributed by atoms with Crippen molar-refractivity contribution in [2.45, 2.75) is 53.6 Å². The number of pyridine rings is 1. The normalized spacial score (nSPS) is 19.5. The minimum Gasteiger partial charge on any atom is -0.354 e. The predicted octanol–water partition coefficient (Wildman–Crippen LogP) is 2.85. The fourth-order valence-corrected chi connectivity index (χ4v) is 5.58. The maximum absolute atomic E-state index is 12.7. The van der Waals surface area contributed by atoms with Gasteiger partial charge in [-0.25, -0.2) is 13.4 Å². The molecule has 0 unspecified atom stereocenters. The van der Waals surface area contributed by atoms with Crippen LogP contribution < -0.4 is 10.6 Å². The maximum atomic E-state index is 12.7. The van der Waals surface area contributed by atoms with Gasteiger partial charge in [-0.1, -0.05) is 0 Å². The van der Waals surface area contributed by atoms with Gasteiger partial charge in [-0.3, -0.25) is 0 Å². The van der Waals surface area contributed by atoms with E-state index in [2.05, 4.69) is 30.6 Å². The van der Waals surface area contributed by atoms with E-state index in [-0.39, 0.29) is 4.90 Å². The van der Waals surface area contributed by atoms with Gasteiger partial charge in [-0.2, -0.15) is 19.3 Å². The van der Waals surface area contributed by atoms with E-state index in [9.17, 15) is 8.42 Å². The molecule has 166 valence electrons. The number of hydrogen-bond acceptors (Lipinski definition) is 9. The molecule has 0 radical (unpaired) electrons. The van der Waals surface area contributed by atoms with Crippen molar-refractivity contribution in [2.75, 3.05) is 36.8 Å². The van der Waals surface area contributed by atoms with E-state index in [1.165, 1.54) is 47.9 Å². The Kier molecular flexibility index (Phi) is 5.98. The first-order valence-electron chi connectivity index (χ1n) is 10.9. The van der Waals surface area contributed by atoms with Gasteiger partial charge in [0.05, 0.1) is 0 Å². The number of sulfonamides is 1. The summed E-state index contributed by atoms with van der Waals surface area (Å²) >= 11 is 1.31. The van der Waals surface area contributed by atoms with Crippen molar-refractivity contribution in [3.05, 3.63) is 18.3 Å². The fourth-order valence-electron chi connectivity index (χ4n) is 3.43. The number of aromatic nitrogens is 4. The molecule has 2 aromatic heterocycles. The van der Waals surface area contributed by atoms with Crippen LogP contribution in [0.5, 0.6) is 0 Å². The summed E-state index contributed by atoms with van der Waals surface area (Å²) < 4.78 is 26.9.